The van der Waals surface area contributed by atoms with E-state index >= 15 is 0 Å². The zero-order valence-corrected chi connectivity index (χ0v) is 26.1. The number of pyridine rings is 1. The number of nitrogens with zero attached hydrogens (tertiary/aromatic N) is 4. The molecule has 10 heteroatoms. The number of rotatable bonds is 9. The summed E-state index contributed by atoms with van der Waals surface area (Å²) in [5.41, 5.74) is 2.76. The smallest absolute Gasteiger partial charge is 0.410 e. The number of aryl methyl sites for hydroxylation is 1. The first-order chi connectivity index (χ1) is 21.1. The first-order valence-corrected chi connectivity index (χ1v) is 15.3. The van der Waals surface area contributed by atoms with Gasteiger partial charge in [-0.25, -0.2) is 19.7 Å². The Hall–Kier alpha value is -4.44. The summed E-state index contributed by atoms with van der Waals surface area (Å²) < 4.78 is 12.1. The maximum atomic E-state index is 12.6. The maximum absolute atomic E-state index is 12.6. The van der Waals surface area contributed by atoms with Crippen LogP contribution in [0.5, 0.6) is 11.6 Å². The third-order valence-electron chi connectivity index (χ3n) is 7.52. The number of piperidine rings is 1. The third kappa shape index (κ3) is 7.55. The second-order valence-corrected chi connectivity index (χ2v) is 12.2. The van der Waals surface area contributed by atoms with Crippen molar-refractivity contribution in [3.63, 3.8) is 0 Å². The summed E-state index contributed by atoms with van der Waals surface area (Å²) in [4.78, 5) is 28.2. The summed E-state index contributed by atoms with van der Waals surface area (Å²) in [5, 5.41) is 18.8. The zero-order valence-electron chi connectivity index (χ0n) is 26.1. The number of hydrogen-bond donors (Lipinski definition) is 3. The van der Waals surface area contributed by atoms with E-state index in [1.807, 2.05) is 77.1 Å². The van der Waals surface area contributed by atoms with Crippen molar-refractivity contribution < 1.29 is 19.4 Å². The first kappa shape index (κ1) is 31.0. The highest BCUT2D eigenvalue weighted by atomic mass is 16.6. The summed E-state index contributed by atoms with van der Waals surface area (Å²) >= 11 is 0. The molecule has 5 rings (SSSR count). The van der Waals surface area contributed by atoms with Crippen LogP contribution in [0.15, 0.2) is 60.9 Å². The summed E-state index contributed by atoms with van der Waals surface area (Å²) in [6.07, 6.45) is 5.12. The number of nitrogens with one attached hydrogen (secondary N) is 2. The molecule has 4 aromatic rings. The molecule has 0 aliphatic carbocycles. The lowest BCUT2D eigenvalue weighted by atomic mass is 10.0. The van der Waals surface area contributed by atoms with Gasteiger partial charge in [-0.3, -0.25) is 0 Å². The van der Waals surface area contributed by atoms with Crippen LogP contribution in [0, 0.1) is 6.92 Å². The number of ether oxygens (including phenoxy) is 2. The number of aliphatic hydroxyl groups excluding tert-OH is 1. The summed E-state index contributed by atoms with van der Waals surface area (Å²) in [5.74, 6) is 1.61. The Bertz CT molecular complexity index is 1600. The van der Waals surface area contributed by atoms with Gasteiger partial charge in [-0.2, -0.15) is 0 Å². The minimum absolute atomic E-state index is 0.00397. The number of aromatic nitrogens is 3. The number of hydrogen-bond acceptors (Lipinski definition) is 9. The van der Waals surface area contributed by atoms with E-state index in [-0.39, 0.29) is 12.1 Å². The topological polar surface area (TPSA) is 122 Å². The number of aliphatic hydroxyl groups is 1. The molecule has 3 N–H and O–H groups in total. The highest BCUT2D eigenvalue weighted by Crippen LogP contribution is 2.38. The van der Waals surface area contributed by atoms with Gasteiger partial charge in [-0.15, -0.1) is 0 Å². The molecule has 0 bridgehead atoms. The molecule has 44 heavy (non-hydrogen) atoms. The molecule has 2 aromatic carbocycles. The fourth-order valence-electron chi connectivity index (χ4n) is 5.21. The predicted molar refractivity (Wildman–Crippen MR) is 173 cm³/mol. The number of carbonyl (C=O) groups excluding carboxylic acids is 1. The van der Waals surface area contributed by atoms with Crippen molar-refractivity contribution in [2.75, 3.05) is 30.3 Å². The van der Waals surface area contributed by atoms with E-state index in [1.165, 1.54) is 0 Å². The molecule has 3 heterocycles. The van der Waals surface area contributed by atoms with Crippen molar-refractivity contribution in [2.45, 2.75) is 71.6 Å². The standard InChI is InChI=1S/C34H42N6O4/c1-6-24(41)20-37-28-13-7-11-26-25(28)15-14-22(2)30(26)43-31-27(12-8-17-35-31)29-16-18-36-32(39-29)38-23-10-9-19-40(21-23)33(42)44-34(3,4)5/h7-8,11-18,23-24,37,41H,6,9-10,19-21H2,1-5H3,(H,36,38,39)/t23?,24-/m1/s1. The Morgan fingerprint density at radius 1 is 1.09 bits per heavy atom. The molecule has 1 aliphatic rings. The largest absolute Gasteiger partial charge is 0.444 e. The highest BCUT2D eigenvalue weighted by molar-refractivity contribution is 5.98. The van der Waals surface area contributed by atoms with Crippen LogP contribution in [0.4, 0.5) is 16.4 Å². The third-order valence-corrected chi connectivity index (χ3v) is 7.52. The number of carbonyl (C=O) groups is 1. The lowest BCUT2D eigenvalue weighted by Gasteiger charge is -2.34. The maximum Gasteiger partial charge on any atom is 0.410 e. The number of amides is 1. The number of anilines is 2. The van der Waals surface area contributed by atoms with Crippen LogP contribution in [0.1, 0.15) is 52.5 Å². The van der Waals surface area contributed by atoms with Gasteiger partial charge < -0.3 is 30.1 Å². The minimum atomic E-state index is -0.541. The van der Waals surface area contributed by atoms with Crippen LogP contribution in [-0.2, 0) is 4.74 Å². The number of likely N-dealkylation sites (tertiary alicyclic amines) is 1. The Morgan fingerprint density at radius 2 is 1.93 bits per heavy atom. The van der Waals surface area contributed by atoms with Gasteiger partial charge in [0.15, 0.2) is 0 Å². The average molecular weight is 599 g/mol. The molecule has 1 fully saturated rings. The Labute approximate surface area is 258 Å². The van der Waals surface area contributed by atoms with E-state index in [9.17, 15) is 9.90 Å². The molecule has 0 saturated carbocycles. The van der Waals surface area contributed by atoms with Gasteiger partial charge in [-0.05, 0) is 76.8 Å². The van der Waals surface area contributed by atoms with Crippen molar-refractivity contribution in [3.05, 3.63) is 66.5 Å². The van der Waals surface area contributed by atoms with Crippen molar-refractivity contribution in [1.82, 2.24) is 19.9 Å². The Morgan fingerprint density at radius 3 is 2.73 bits per heavy atom. The van der Waals surface area contributed by atoms with E-state index in [0.29, 0.717) is 49.3 Å². The summed E-state index contributed by atoms with van der Waals surface area (Å²) in [6, 6.07) is 15.7. The molecule has 0 radical (unpaired) electrons. The van der Waals surface area contributed by atoms with Crippen molar-refractivity contribution in [2.24, 2.45) is 0 Å². The highest BCUT2D eigenvalue weighted by Gasteiger charge is 2.28. The molecule has 2 atom stereocenters. The second kappa shape index (κ2) is 13.5. The SMILES string of the molecule is CC[C@@H](O)CNc1cccc2c(Oc3ncccc3-c3ccnc(NC4CCCN(C(=O)OC(C)(C)C)C4)n3)c(C)ccc12. The van der Waals surface area contributed by atoms with Crippen LogP contribution < -0.4 is 15.4 Å². The quantitative estimate of drug-likeness (QED) is 0.191. The van der Waals surface area contributed by atoms with Crippen molar-refractivity contribution in [3.8, 4) is 22.9 Å². The molecular weight excluding hydrogens is 556 g/mol. The van der Waals surface area contributed by atoms with E-state index in [1.54, 1.807) is 17.3 Å². The second-order valence-electron chi connectivity index (χ2n) is 12.2. The molecule has 232 valence electrons. The molecule has 1 amide bonds. The fourth-order valence-corrected chi connectivity index (χ4v) is 5.21. The molecule has 10 nitrogen and oxygen atoms in total. The molecule has 0 spiro atoms. The predicted octanol–water partition coefficient (Wildman–Crippen LogP) is 6.79. The average Bonchev–Trinajstić information content (AvgIpc) is 3.01. The van der Waals surface area contributed by atoms with E-state index in [4.69, 9.17) is 14.5 Å². The first-order valence-electron chi connectivity index (χ1n) is 15.3. The monoisotopic (exact) mass is 598 g/mol. The molecule has 1 aliphatic heterocycles. The summed E-state index contributed by atoms with van der Waals surface area (Å²) in [6.45, 7) is 11.2. The van der Waals surface area contributed by atoms with Gasteiger partial charge in [0.2, 0.25) is 11.8 Å². The van der Waals surface area contributed by atoms with Crippen molar-refractivity contribution in [1.29, 1.82) is 0 Å². The van der Waals surface area contributed by atoms with E-state index in [2.05, 4.69) is 26.7 Å². The normalized spacial score (nSPS) is 16.0. The lowest BCUT2D eigenvalue weighted by molar-refractivity contribution is 0.0206. The van der Waals surface area contributed by atoms with Crippen LogP contribution in [0.2, 0.25) is 0 Å². The van der Waals surface area contributed by atoms with Crippen LogP contribution >= 0.6 is 0 Å². The zero-order chi connectivity index (χ0) is 31.3. The fraction of sp³-hybridized carbons (Fsp3) is 0.412. The van der Waals surface area contributed by atoms with Gasteiger partial charge >= 0.3 is 6.09 Å². The summed E-state index contributed by atoms with van der Waals surface area (Å²) in [7, 11) is 0. The van der Waals surface area contributed by atoms with Crippen LogP contribution in [-0.4, -0.2) is 68.4 Å². The Balaban J connectivity index is 1.37. The molecule has 1 unspecified atom stereocenters. The molecular formula is C34H42N6O4. The van der Waals surface area contributed by atoms with Crippen LogP contribution in [0.3, 0.4) is 0 Å². The van der Waals surface area contributed by atoms with Gasteiger partial charge in [0.1, 0.15) is 11.4 Å². The van der Waals surface area contributed by atoms with Crippen molar-refractivity contribution >= 4 is 28.5 Å². The number of benzene rings is 2. The Kier molecular flexibility index (Phi) is 9.49. The lowest BCUT2D eigenvalue weighted by Crippen LogP contribution is -2.47. The molecule has 2 aromatic heterocycles. The van der Waals surface area contributed by atoms with Gasteiger partial charge in [0, 0.05) is 54.5 Å². The van der Waals surface area contributed by atoms with E-state index in [0.717, 1.165) is 40.4 Å². The van der Waals surface area contributed by atoms with E-state index < -0.39 is 11.7 Å². The number of fused-ring (bicyclic) bond motifs is 1. The van der Waals surface area contributed by atoms with Gasteiger partial charge in [-0.1, -0.05) is 31.2 Å². The van der Waals surface area contributed by atoms with Gasteiger partial charge in [0.05, 0.1) is 17.4 Å². The molecule has 1 saturated heterocycles. The van der Waals surface area contributed by atoms with Crippen LogP contribution in [0.25, 0.3) is 22.0 Å². The van der Waals surface area contributed by atoms with Gasteiger partial charge in [0.25, 0.3) is 0 Å². The minimum Gasteiger partial charge on any atom is -0.444 e.